The first-order valence-electron chi connectivity index (χ1n) is 11.9. The summed E-state index contributed by atoms with van der Waals surface area (Å²) in [6.07, 6.45) is 0.288. The average Bonchev–Trinajstić information content (AvgIpc) is 3.31. The van der Waals surface area contributed by atoms with Gasteiger partial charge < -0.3 is 24.8 Å². The van der Waals surface area contributed by atoms with E-state index in [0.717, 1.165) is 23.3 Å². The van der Waals surface area contributed by atoms with Gasteiger partial charge in [-0.2, -0.15) is 13.2 Å². The van der Waals surface area contributed by atoms with Crippen molar-refractivity contribution in [2.24, 2.45) is 5.73 Å². The zero-order chi connectivity index (χ0) is 26.7. The molecule has 2 amide bonds. The Bertz CT molecular complexity index is 1250. The fourth-order valence-electron chi connectivity index (χ4n) is 4.47. The third kappa shape index (κ3) is 6.01. The van der Waals surface area contributed by atoms with E-state index >= 15 is 0 Å². The first-order chi connectivity index (χ1) is 17.5. The molecule has 0 radical (unpaired) electrons. The molecule has 4 rings (SSSR count). The largest absolute Gasteiger partial charge is 0.419 e. The van der Waals surface area contributed by atoms with Gasteiger partial charge in [-0.1, -0.05) is 6.07 Å². The van der Waals surface area contributed by atoms with Crippen LogP contribution in [-0.4, -0.2) is 70.6 Å². The highest BCUT2D eigenvalue weighted by Crippen LogP contribution is 2.29. The summed E-state index contributed by atoms with van der Waals surface area (Å²) in [5.41, 5.74) is 5.80. The number of nitrogens with zero attached hydrogens (tertiary/aromatic N) is 5. The van der Waals surface area contributed by atoms with Crippen LogP contribution in [0.15, 0.2) is 42.9 Å². The van der Waals surface area contributed by atoms with Crippen molar-refractivity contribution in [1.29, 1.82) is 0 Å². The number of nitrogens with two attached hydrogens (primary N) is 1. The van der Waals surface area contributed by atoms with Gasteiger partial charge in [-0.3, -0.25) is 9.59 Å². The number of ether oxygens (including phenoxy) is 1. The van der Waals surface area contributed by atoms with Gasteiger partial charge in [0.15, 0.2) is 0 Å². The van der Waals surface area contributed by atoms with Crippen molar-refractivity contribution in [3.05, 3.63) is 54.0 Å². The van der Waals surface area contributed by atoms with Crippen molar-refractivity contribution >= 4 is 28.7 Å². The molecule has 0 bridgehead atoms. The summed E-state index contributed by atoms with van der Waals surface area (Å²) < 4.78 is 45.9. The van der Waals surface area contributed by atoms with Crippen LogP contribution in [0, 0.1) is 0 Å². The minimum atomic E-state index is -4.47. The Morgan fingerprint density at radius 2 is 1.86 bits per heavy atom. The molecule has 1 aliphatic rings. The Hall–Kier alpha value is -3.67. The van der Waals surface area contributed by atoms with Crippen LogP contribution < -0.4 is 10.6 Å². The molecule has 1 atom stereocenters. The Labute approximate surface area is 212 Å². The number of anilines is 1. The Kier molecular flexibility index (Phi) is 7.67. The predicted molar refractivity (Wildman–Crippen MR) is 131 cm³/mol. The summed E-state index contributed by atoms with van der Waals surface area (Å²) in [7, 11) is 1.73. The number of piperidine rings is 1. The van der Waals surface area contributed by atoms with Crippen molar-refractivity contribution in [1.82, 2.24) is 19.4 Å². The second-order valence-electron chi connectivity index (χ2n) is 9.22. The lowest BCUT2D eigenvalue weighted by Gasteiger charge is -2.36. The highest BCUT2D eigenvalue weighted by molar-refractivity contribution is 5.97. The maximum Gasteiger partial charge on any atom is 0.419 e. The van der Waals surface area contributed by atoms with Crippen LogP contribution in [0.2, 0.25) is 0 Å². The van der Waals surface area contributed by atoms with Gasteiger partial charge in [-0.15, -0.1) is 0 Å². The van der Waals surface area contributed by atoms with Crippen LogP contribution in [0.1, 0.15) is 41.7 Å². The summed E-state index contributed by atoms with van der Waals surface area (Å²) in [5, 5.41) is 0.973. The number of halogens is 3. The van der Waals surface area contributed by atoms with Gasteiger partial charge in [0, 0.05) is 55.8 Å². The minimum absolute atomic E-state index is 0.0140. The van der Waals surface area contributed by atoms with Gasteiger partial charge in [-0.05, 0) is 43.4 Å². The molecular weight excluding hydrogens is 489 g/mol. The van der Waals surface area contributed by atoms with Crippen molar-refractivity contribution in [2.45, 2.75) is 38.0 Å². The number of fused-ring (bicyclic) bond motifs is 1. The normalized spacial score (nSPS) is 15.6. The molecule has 2 N–H and O–H groups in total. The summed E-state index contributed by atoms with van der Waals surface area (Å²) in [6, 6.07) is 7.12. The molecule has 3 heterocycles. The van der Waals surface area contributed by atoms with E-state index in [9.17, 15) is 22.8 Å². The standard InChI is InChI=1S/C25H29F3N6O3/c1-16(34-10-5-17-3-4-18(23(29)36)11-21(17)34)14-37-15-22(35)32(2)20-6-8-33(9-7-20)24-30-12-19(13-31-24)25(26,27)28/h3-5,10-13,16,20H,6-9,14-15H2,1-2H3,(H2,29,36). The summed E-state index contributed by atoms with van der Waals surface area (Å²) >= 11 is 0. The molecule has 1 fully saturated rings. The first kappa shape index (κ1) is 26.4. The monoisotopic (exact) mass is 518 g/mol. The third-order valence-corrected chi connectivity index (χ3v) is 6.72. The van der Waals surface area contributed by atoms with Gasteiger partial charge in [-0.25, -0.2) is 9.97 Å². The number of hydrogen-bond donors (Lipinski definition) is 1. The van der Waals surface area contributed by atoms with Gasteiger partial charge >= 0.3 is 6.18 Å². The van der Waals surface area contributed by atoms with Crippen molar-refractivity contribution < 1.29 is 27.5 Å². The van der Waals surface area contributed by atoms with E-state index in [2.05, 4.69) is 9.97 Å². The van der Waals surface area contributed by atoms with Crippen molar-refractivity contribution in [2.75, 3.05) is 38.3 Å². The number of primary amides is 1. The Morgan fingerprint density at radius 3 is 2.49 bits per heavy atom. The maximum atomic E-state index is 12.7. The molecule has 0 spiro atoms. The highest BCUT2D eigenvalue weighted by atomic mass is 19.4. The smallest absolute Gasteiger partial charge is 0.369 e. The number of amides is 2. The second kappa shape index (κ2) is 10.8. The van der Waals surface area contributed by atoms with E-state index in [0.29, 0.717) is 38.1 Å². The predicted octanol–water partition coefficient (Wildman–Crippen LogP) is 3.25. The lowest BCUT2D eigenvalue weighted by molar-refractivity contribution is -0.138. The Balaban J connectivity index is 1.25. The maximum absolute atomic E-state index is 12.7. The van der Waals surface area contributed by atoms with Crippen LogP contribution in [0.25, 0.3) is 10.9 Å². The lowest BCUT2D eigenvalue weighted by Crippen LogP contribution is -2.47. The van der Waals surface area contributed by atoms with E-state index in [4.69, 9.17) is 10.5 Å². The number of rotatable bonds is 8. The summed E-state index contributed by atoms with van der Waals surface area (Å²) in [4.78, 5) is 35.4. The minimum Gasteiger partial charge on any atom is -0.369 e. The van der Waals surface area contributed by atoms with Crippen molar-refractivity contribution in [3.63, 3.8) is 0 Å². The van der Waals surface area contributed by atoms with Crippen LogP contribution in [0.4, 0.5) is 19.1 Å². The quantitative estimate of drug-likeness (QED) is 0.491. The Morgan fingerprint density at radius 1 is 1.19 bits per heavy atom. The molecule has 9 nitrogen and oxygen atoms in total. The highest BCUT2D eigenvalue weighted by Gasteiger charge is 2.32. The van der Waals surface area contributed by atoms with Crippen LogP contribution in [0.3, 0.4) is 0 Å². The number of alkyl halides is 3. The second-order valence-corrected chi connectivity index (χ2v) is 9.22. The van der Waals surface area contributed by atoms with E-state index in [1.54, 1.807) is 24.1 Å². The van der Waals surface area contributed by atoms with Crippen LogP contribution >= 0.6 is 0 Å². The van der Waals surface area contributed by atoms with E-state index in [1.165, 1.54) is 0 Å². The lowest BCUT2D eigenvalue weighted by atomic mass is 10.0. The molecule has 0 saturated carbocycles. The molecule has 198 valence electrons. The van der Waals surface area contributed by atoms with Crippen molar-refractivity contribution in [3.8, 4) is 0 Å². The van der Waals surface area contributed by atoms with E-state index in [1.807, 2.05) is 34.7 Å². The first-order valence-corrected chi connectivity index (χ1v) is 11.9. The fraction of sp³-hybridized carbons (Fsp3) is 0.440. The average molecular weight is 519 g/mol. The molecular formula is C25H29F3N6O3. The fourth-order valence-corrected chi connectivity index (χ4v) is 4.47. The molecule has 0 aliphatic carbocycles. The third-order valence-electron chi connectivity index (χ3n) is 6.72. The van der Waals surface area contributed by atoms with Gasteiger partial charge in [0.2, 0.25) is 17.8 Å². The van der Waals surface area contributed by atoms with Gasteiger partial charge in [0.05, 0.1) is 18.2 Å². The molecule has 1 aromatic carbocycles. The number of aromatic nitrogens is 3. The van der Waals surface area contributed by atoms with Crippen LogP contribution in [-0.2, 0) is 15.7 Å². The summed E-state index contributed by atoms with van der Waals surface area (Å²) in [6.45, 7) is 3.24. The summed E-state index contributed by atoms with van der Waals surface area (Å²) in [5.74, 6) is -0.395. The van der Waals surface area contributed by atoms with E-state index < -0.39 is 17.6 Å². The van der Waals surface area contributed by atoms with Gasteiger partial charge in [0.25, 0.3) is 0 Å². The topological polar surface area (TPSA) is 107 Å². The molecule has 1 saturated heterocycles. The molecule has 3 aromatic rings. The number of carbonyl (C=O) groups is 2. The van der Waals surface area contributed by atoms with E-state index in [-0.39, 0.29) is 30.5 Å². The number of carbonyl (C=O) groups excluding carboxylic acids is 2. The molecule has 37 heavy (non-hydrogen) atoms. The molecule has 1 aliphatic heterocycles. The van der Waals surface area contributed by atoms with Crippen LogP contribution in [0.5, 0.6) is 0 Å². The molecule has 1 unspecified atom stereocenters. The zero-order valence-electron chi connectivity index (χ0n) is 20.6. The number of hydrogen-bond acceptors (Lipinski definition) is 6. The number of benzene rings is 1. The van der Waals surface area contributed by atoms with Gasteiger partial charge in [0.1, 0.15) is 6.61 Å². The molecule has 12 heteroatoms. The molecule has 2 aromatic heterocycles. The zero-order valence-corrected chi connectivity index (χ0v) is 20.6. The number of likely N-dealkylation sites (N-methyl/N-ethyl adjacent to an activating group) is 1. The SMILES string of the molecule is CC(COCC(=O)N(C)C1CCN(c2ncc(C(F)(F)F)cn2)CC1)n1ccc2ccc(C(N)=O)cc21.